The number of aromatic nitrogens is 3. The molecule has 7 heteroatoms. The van der Waals surface area contributed by atoms with E-state index in [2.05, 4.69) is 32.1 Å². The minimum Gasteiger partial charge on any atom is -0.446 e. The van der Waals surface area contributed by atoms with Crippen LogP contribution in [0.5, 0.6) is 0 Å². The first kappa shape index (κ1) is 19.1. The fourth-order valence-corrected chi connectivity index (χ4v) is 3.22. The number of alkyl carbamates (subject to hydrolysis) is 1. The van der Waals surface area contributed by atoms with Crippen molar-refractivity contribution in [3.8, 4) is 11.4 Å². The number of ether oxygens (including phenoxy) is 1. The van der Waals surface area contributed by atoms with E-state index in [0.717, 1.165) is 36.6 Å². The van der Waals surface area contributed by atoms with Gasteiger partial charge in [-0.3, -0.25) is 4.98 Å². The minimum absolute atomic E-state index is 0.0873. The van der Waals surface area contributed by atoms with E-state index in [1.54, 1.807) is 12.5 Å². The third-order valence-corrected chi connectivity index (χ3v) is 4.45. The Hall–Kier alpha value is -2.70. The highest BCUT2D eigenvalue weighted by Gasteiger charge is 2.29. The molecule has 0 spiro atoms. The van der Waals surface area contributed by atoms with Gasteiger partial charge in [0.15, 0.2) is 0 Å². The molecule has 1 amide bonds. The second-order valence-electron chi connectivity index (χ2n) is 7.95. The number of piperidine rings is 1. The number of pyridine rings is 1. The summed E-state index contributed by atoms with van der Waals surface area (Å²) in [4.78, 5) is 27.4. The van der Waals surface area contributed by atoms with Gasteiger partial charge < -0.3 is 15.0 Å². The summed E-state index contributed by atoms with van der Waals surface area (Å²) >= 11 is 0. The molecule has 0 aliphatic carbocycles. The highest BCUT2D eigenvalue weighted by atomic mass is 16.6. The maximum atomic E-state index is 12.0. The van der Waals surface area contributed by atoms with E-state index in [-0.39, 0.29) is 23.8 Å². The summed E-state index contributed by atoms with van der Waals surface area (Å²) in [6.07, 6.45) is 4.42. The summed E-state index contributed by atoms with van der Waals surface area (Å²) < 4.78 is 5.60. The van der Waals surface area contributed by atoms with Crippen LogP contribution in [-0.4, -0.2) is 45.3 Å². The van der Waals surface area contributed by atoms with Gasteiger partial charge in [-0.25, -0.2) is 14.8 Å². The van der Waals surface area contributed by atoms with Crippen LogP contribution >= 0.6 is 0 Å². The van der Waals surface area contributed by atoms with Crippen molar-refractivity contribution in [2.45, 2.75) is 58.2 Å². The maximum Gasteiger partial charge on any atom is 0.407 e. The molecule has 7 nitrogen and oxygen atoms in total. The summed E-state index contributed by atoms with van der Waals surface area (Å²) in [5.74, 6) is 0.871. The Balaban J connectivity index is 1.64. The normalized spacial score (nSPS) is 20.2. The second kappa shape index (κ2) is 7.90. The van der Waals surface area contributed by atoms with Crippen molar-refractivity contribution in [1.82, 2.24) is 20.3 Å². The monoisotopic (exact) mass is 369 g/mol. The number of nitrogens with one attached hydrogen (secondary N) is 1. The summed E-state index contributed by atoms with van der Waals surface area (Å²) in [7, 11) is 0. The molecule has 1 aliphatic heterocycles. The lowest BCUT2D eigenvalue weighted by atomic mass is 10.0. The standard InChI is InChI=1S/C20H27N5O2/c1-14-11-15(27-19(26)24-20(2,3)4)8-10-25(14)18-12-17(22-13-23-18)16-7-5-6-9-21-16/h5-7,9,12-15H,8,10-11H2,1-4H3,(H,24,26). The Morgan fingerprint density at radius 3 is 2.70 bits per heavy atom. The first-order chi connectivity index (χ1) is 12.8. The van der Waals surface area contributed by atoms with Gasteiger partial charge in [-0.15, -0.1) is 0 Å². The van der Waals surface area contributed by atoms with Crippen LogP contribution < -0.4 is 10.2 Å². The molecule has 3 heterocycles. The quantitative estimate of drug-likeness (QED) is 0.893. The van der Waals surface area contributed by atoms with Gasteiger partial charge in [-0.2, -0.15) is 0 Å². The molecule has 2 atom stereocenters. The van der Waals surface area contributed by atoms with Gasteiger partial charge in [-0.1, -0.05) is 6.07 Å². The van der Waals surface area contributed by atoms with Crippen molar-refractivity contribution in [2.75, 3.05) is 11.4 Å². The number of amides is 1. The minimum atomic E-state index is -0.354. The van der Waals surface area contributed by atoms with Gasteiger partial charge in [0.05, 0.1) is 11.4 Å². The van der Waals surface area contributed by atoms with E-state index in [4.69, 9.17) is 4.74 Å². The van der Waals surface area contributed by atoms with Gasteiger partial charge in [0.25, 0.3) is 0 Å². The van der Waals surface area contributed by atoms with Crippen LogP contribution in [0.1, 0.15) is 40.5 Å². The number of carbonyl (C=O) groups excluding carboxylic acids is 1. The highest BCUT2D eigenvalue weighted by Crippen LogP contribution is 2.27. The Morgan fingerprint density at radius 1 is 1.22 bits per heavy atom. The number of nitrogens with zero attached hydrogens (tertiary/aromatic N) is 4. The van der Waals surface area contributed by atoms with Crippen LogP contribution in [0.25, 0.3) is 11.4 Å². The average molecular weight is 369 g/mol. The number of anilines is 1. The first-order valence-corrected chi connectivity index (χ1v) is 9.31. The molecular weight excluding hydrogens is 342 g/mol. The predicted molar refractivity (Wildman–Crippen MR) is 104 cm³/mol. The third-order valence-electron chi connectivity index (χ3n) is 4.45. The maximum absolute atomic E-state index is 12.0. The smallest absolute Gasteiger partial charge is 0.407 e. The second-order valence-corrected chi connectivity index (χ2v) is 7.95. The molecule has 2 unspecified atom stereocenters. The fourth-order valence-electron chi connectivity index (χ4n) is 3.22. The van der Waals surface area contributed by atoms with Crippen LogP contribution in [0.15, 0.2) is 36.8 Å². The largest absolute Gasteiger partial charge is 0.446 e. The molecule has 1 fully saturated rings. The number of hydrogen-bond donors (Lipinski definition) is 1. The Morgan fingerprint density at radius 2 is 2.04 bits per heavy atom. The van der Waals surface area contributed by atoms with Crippen LogP contribution in [0, 0.1) is 0 Å². The molecule has 144 valence electrons. The van der Waals surface area contributed by atoms with Crippen molar-refractivity contribution in [3.05, 3.63) is 36.8 Å². The molecular formula is C20H27N5O2. The molecule has 0 aromatic carbocycles. The summed E-state index contributed by atoms with van der Waals surface area (Å²) in [6, 6.07) is 7.93. The van der Waals surface area contributed by atoms with Gasteiger partial charge in [0.1, 0.15) is 18.2 Å². The zero-order chi connectivity index (χ0) is 19.4. The van der Waals surface area contributed by atoms with Crippen molar-refractivity contribution in [2.24, 2.45) is 0 Å². The zero-order valence-electron chi connectivity index (χ0n) is 16.3. The van der Waals surface area contributed by atoms with Crippen LogP contribution in [0.2, 0.25) is 0 Å². The van der Waals surface area contributed by atoms with E-state index < -0.39 is 0 Å². The molecule has 1 aliphatic rings. The molecule has 1 N–H and O–H groups in total. The number of hydrogen-bond acceptors (Lipinski definition) is 6. The molecule has 0 radical (unpaired) electrons. The predicted octanol–water partition coefficient (Wildman–Crippen LogP) is 3.42. The lowest BCUT2D eigenvalue weighted by Crippen LogP contribution is -2.47. The van der Waals surface area contributed by atoms with Crippen molar-refractivity contribution in [1.29, 1.82) is 0 Å². The van der Waals surface area contributed by atoms with Crippen molar-refractivity contribution >= 4 is 11.9 Å². The molecule has 0 bridgehead atoms. The molecule has 1 saturated heterocycles. The van der Waals surface area contributed by atoms with E-state index >= 15 is 0 Å². The van der Waals surface area contributed by atoms with E-state index in [9.17, 15) is 4.79 Å². The topological polar surface area (TPSA) is 80.2 Å². The van der Waals surface area contributed by atoms with Crippen molar-refractivity contribution in [3.63, 3.8) is 0 Å². The van der Waals surface area contributed by atoms with E-state index in [1.165, 1.54) is 0 Å². The molecule has 3 rings (SSSR count). The SMILES string of the molecule is CC1CC(OC(=O)NC(C)(C)C)CCN1c1cc(-c2ccccn2)ncn1. The lowest BCUT2D eigenvalue weighted by molar-refractivity contribution is 0.0710. The van der Waals surface area contributed by atoms with Crippen LogP contribution in [-0.2, 0) is 4.74 Å². The fraction of sp³-hybridized carbons (Fsp3) is 0.500. The van der Waals surface area contributed by atoms with E-state index in [0.29, 0.717) is 0 Å². The number of rotatable bonds is 3. The van der Waals surface area contributed by atoms with Gasteiger partial charge in [0, 0.05) is 43.2 Å². The third kappa shape index (κ3) is 5.15. The molecule has 2 aromatic rings. The molecule has 2 aromatic heterocycles. The Labute approximate surface area is 160 Å². The molecule has 27 heavy (non-hydrogen) atoms. The van der Waals surface area contributed by atoms with Crippen LogP contribution in [0.4, 0.5) is 10.6 Å². The summed E-state index contributed by atoms with van der Waals surface area (Å²) in [6.45, 7) is 8.71. The average Bonchev–Trinajstić information content (AvgIpc) is 2.61. The Kier molecular flexibility index (Phi) is 5.58. The van der Waals surface area contributed by atoms with Crippen molar-refractivity contribution < 1.29 is 9.53 Å². The summed E-state index contributed by atoms with van der Waals surface area (Å²) in [5, 5.41) is 2.85. The van der Waals surface area contributed by atoms with Gasteiger partial charge >= 0.3 is 6.09 Å². The van der Waals surface area contributed by atoms with Crippen LogP contribution in [0.3, 0.4) is 0 Å². The highest BCUT2D eigenvalue weighted by molar-refractivity contribution is 5.68. The summed E-state index contributed by atoms with van der Waals surface area (Å²) in [5.41, 5.74) is 1.33. The zero-order valence-corrected chi connectivity index (χ0v) is 16.3. The van der Waals surface area contributed by atoms with E-state index in [1.807, 2.05) is 45.0 Å². The van der Waals surface area contributed by atoms with Gasteiger partial charge in [-0.05, 0) is 39.8 Å². The Bertz CT molecular complexity index is 775. The first-order valence-electron chi connectivity index (χ1n) is 9.31. The number of carbonyl (C=O) groups is 1. The lowest BCUT2D eigenvalue weighted by Gasteiger charge is -2.38. The van der Waals surface area contributed by atoms with Gasteiger partial charge in [0.2, 0.25) is 0 Å². The molecule has 0 saturated carbocycles.